The molecule has 2 rings (SSSR count). The standard InChI is InChI=1S/C19H24N4O4/c1-12(22-18(24)14-6-8-23(26)9-7-14)16(19(25)27-2)11-13-4-3-5-15(10-13)17(20)21/h3-10,12,16,19,25H,11H2,1-2H3,(H3,20,21)(H,22,24)/t12-,16-,19?/m1/s1. The molecule has 1 amide bonds. The van der Waals surface area contributed by atoms with Crippen LogP contribution < -0.4 is 15.8 Å². The number of nitrogens with one attached hydrogen (secondary N) is 2. The lowest BCUT2D eigenvalue weighted by atomic mass is 9.91. The number of carbonyl (C=O) groups is 1. The first kappa shape index (κ1) is 20.3. The number of aliphatic hydroxyl groups excluding tert-OH is 1. The predicted octanol–water partition coefficient (Wildman–Crippen LogP) is 0.546. The molecule has 0 bridgehead atoms. The smallest absolute Gasteiger partial charge is 0.251 e. The van der Waals surface area contributed by atoms with Gasteiger partial charge in [0, 0.05) is 36.8 Å². The van der Waals surface area contributed by atoms with Crippen LogP contribution in [0.5, 0.6) is 0 Å². The van der Waals surface area contributed by atoms with Crippen molar-refractivity contribution in [1.29, 1.82) is 5.41 Å². The van der Waals surface area contributed by atoms with Gasteiger partial charge >= 0.3 is 0 Å². The first-order valence-electron chi connectivity index (χ1n) is 8.45. The number of ether oxygens (including phenoxy) is 1. The Kier molecular flexibility index (Phi) is 6.86. The number of aliphatic hydroxyl groups is 1. The second-order valence-electron chi connectivity index (χ2n) is 6.32. The minimum Gasteiger partial charge on any atom is -0.619 e. The minimum absolute atomic E-state index is 0.0401. The number of amides is 1. The molecule has 0 fully saturated rings. The molecule has 0 saturated carbocycles. The first-order chi connectivity index (χ1) is 12.8. The lowest BCUT2D eigenvalue weighted by Crippen LogP contribution is -2.44. The number of pyridine rings is 1. The maximum atomic E-state index is 12.4. The third-order valence-corrected chi connectivity index (χ3v) is 4.38. The van der Waals surface area contributed by atoms with E-state index < -0.39 is 18.2 Å². The molecule has 1 aromatic carbocycles. The number of nitrogen functional groups attached to an aromatic ring is 1. The molecule has 1 heterocycles. The zero-order valence-electron chi connectivity index (χ0n) is 15.3. The summed E-state index contributed by atoms with van der Waals surface area (Å²) in [5, 5.41) is 31.7. The number of carbonyl (C=O) groups excluding carboxylic acids is 1. The van der Waals surface area contributed by atoms with Crippen molar-refractivity contribution in [3.63, 3.8) is 0 Å². The van der Waals surface area contributed by atoms with E-state index in [0.29, 0.717) is 22.3 Å². The Labute approximate surface area is 157 Å². The van der Waals surface area contributed by atoms with Crippen molar-refractivity contribution in [3.8, 4) is 0 Å². The van der Waals surface area contributed by atoms with E-state index in [1.807, 2.05) is 6.07 Å². The molecule has 0 aliphatic rings. The maximum absolute atomic E-state index is 12.4. The van der Waals surface area contributed by atoms with E-state index in [2.05, 4.69) is 5.32 Å². The number of nitrogens with zero attached hydrogens (tertiary/aromatic N) is 1. The molecule has 2 aromatic rings. The van der Waals surface area contributed by atoms with Gasteiger partial charge in [0.15, 0.2) is 18.7 Å². The molecular weight excluding hydrogens is 348 g/mol. The molecule has 5 N–H and O–H groups in total. The Bertz CT molecular complexity index is 795. The zero-order chi connectivity index (χ0) is 20.0. The number of aromatic nitrogens is 1. The van der Waals surface area contributed by atoms with Crippen LogP contribution in [0.25, 0.3) is 0 Å². The van der Waals surface area contributed by atoms with Crippen molar-refractivity contribution in [3.05, 3.63) is 70.7 Å². The molecule has 1 unspecified atom stereocenters. The van der Waals surface area contributed by atoms with Gasteiger partial charge in [-0.05, 0) is 25.0 Å². The number of methoxy groups -OCH3 is 1. The summed E-state index contributed by atoms with van der Waals surface area (Å²) in [5.74, 6) is -0.829. The summed E-state index contributed by atoms with van der Waals surface area (Å²) in [7, 11) is 1.39. The van der Waals surface area contributed by atoms with Crippen molar-refractivity contribution >= 4 is 11.7 Å². The van der Waals surface area contributed by atoms with E-state index >= 15 is 0 Å². The molecule has 3 atom stereocenters. The Balaban J connectivity index is 2.15. The second-order valence-corrected chi connectivity index (χ2v) is 6.32. The van der Waals surface area contributed by atoms with Gasteiger partial charge in [-0.25, -0.2) is 0 Å². The average molecular weight is 372 g/mol. The van der Waals surface area contributed by atoms with Crippen LogP contribution in [0, 0.1) is 16.5 Å². The van der Waals surface area contributed by atoms with Gasteiger partial charge in [0.05, 0.1) is 5.56 Å². The molecule has 0 aliphatic carbocycles. The van der Waals surface area contributed by atoms with Gasteiger partial charge in [-0.2, -0.15) is 4.73 Å². The van der Waals surface area contributed by atoms with Gasteiger partial charge in [0.1, 0.15) is 5.84 Å². The molecule has 8 nitrogen and oxygen atoms in total. The third-order valence-electron chi connectivity index (χ3n) is 4.38. The summed E-state index contributed by atoms with van der Waals surface area (Å²) in [5.41, 5.74) is 7.32. The van der Waals surface area contributed by atoms with E-state index in [-0.39, 0.29) is 11.7 Å². The van der Waals surface area contributed by atoms with Crippen LogP contribution in [-0.2, 0) is 11.2 Å². The van der Waals surface area contributed by atoms with Crippen LogP contribution in [0.15, 0.2) is 48.8 Å². The van der Waals surface area contributed by atoms with Crippen LogP contribution in [0.4, 0.5) is 0 Å². The van der Waals surface area contributed by atoms with Crippen LogP contribution in [-0.4, -0.2) is 36.3 Å². The maximum Gasteiger partial charge on any atom is 0.251 e. The fourth-order valence-electron chi connectivity index (χ4n) is 2.80. The molecule has 0 aliphatic heterocycles. The van der Waals surface area contributed by atoms with Gasteiger partial charge in [0.25, 0.3) is 5.91 Å². The van der Waals surface area contributed by atoms with E-state index in [0.717, 1.165) is 5.56 Å². The van der Waals surface area contributed by atoms with Gasteiger partial charge in [-0.1, -0.05) is 18.2 Å². The summed E-state index contributed by atoms with van der Waals surface area (Å²) < 4.78 is 5.68. The van der Waals surface area contributed by atoms with E-state index in [9.17, 15) is 15.1 Å². The van der Waals surface area contributed by atoms with Gasteiger partial charge in [0.2, 0.25) is 0 Å². The fraction of sp³-hybridized carbons (Fsp3) is 0.316. The van der Waals surface area contributed by atoms with Crippen LogP contribution >= 0.6 is 0 Å². The first-order valence-corrected chi connectivity index (χ1v) is 8.45. The summed E-state index contributed by atoms with van der Waals surface area (Å²) in [6, 6.07) is 9.58. The molecule has 8 heteroatoms. The van der Waals surface area contributed by atoms with Gasteiger partial charge in [-0.3, -0.25) is 10.2 Å². The number of nitrogens with two attached hydrogens (primary N) is 1. The second kappa shape index (κ2) is 9.11. The highest BCUT2D eigenvalue weighted by Gasteiger charge is 2.27. The number of benzene rings is 1. The largest absolute Gasteiger partial charge is 0.619 e. The Morgan fingerprint density at radius 1 is 1.33 bits per heavy atom. The number of hydrogen-bond acceptors (Lipinski definition) is 5. The molecule has 144 valence electrons. The lowest BCUT2D eigenvalue weighted by Gasteiger charge is -2.28. The van der Waals surface area contributed by atoms with Crippen LogP contribution in [0.1, 0.15) is 28.4 Å². The molecule has 0 spiro atoms. The molecule has 0 radical (unpaired) electrons. The predicted molar refractivity (Wildman–Crippen MR) is 100.0 cm³/mol. The SMILES string of the molecule is COC(O)[C@H](Cc1cccc(C(=N)N)c1)[C@@H](C)NC(=O)c1cc[n+]([O-])cc1. The number of rotatable bonds is 8. The van der Waals surface area contributed by atoms with Crippen molar-refractivity contribution in [2.45, 2.75) is 25.7 Å². The van der Waals surface area contributed by atoms with Crippen molar-refractivity contribution < 1.29 is 19.4 Å². The fourth-order valence-corrected chi connectivity index (χ4v) is 2.80. The van der Waals surface area contributed by atoms with Crippen LogP contribution in [0.3, 0.4) is 0 Å². The lowest BCUT2D eigenvalue weighted by molar-refractivity contribution is -0.605. The molecular formula is C19H24N4O4. The normalized spacial score (nSPS) is 14.2. The average Bonchev–Trinajstić information content (AvgIpc) is 2.66. The Hall–Kier alpha value is -2.97. The van der Waals surface area contributed by atoms with Gasteiger partial charge < -0.3 is 26.1 Å². The van der Waals surface area contributed by atoms with E-state index in [4.69, 9.17) is 15.9 Å². The van der Waals surface area contributed by atoms with E-state index in [1.54, 1.807) is 25.1 Å². The molecule has 0 saturated heterocycles. The highest BCUT2D eigenvalue weighted by atomic mass is 16.6. The van der Waals surface area contributed by atoms with Crippen molar-refractivity contribution in [2.24, 2.45) is 11.7 Å². The Morgan fingerprint density at radius 3 is 2.59 bits per heavy atom. The van der Waals surface area contributed by atoms with E-state index in [1.165, 1.54) is 31.6 Å². The highest BCUT2D eigenvalue weighted by molar-refractivity contribution is 5.95. The monoisotopic (exact) mass is 372 g/mol. The number of amidine groups is 1. The third kappa shape index (κ3) is 5.50. The zero-order valence-corrected chi connectivity index (χ0v) is 15.3. The number of hydrogen-bond donors (Lipinski definition) is 4. The van der Waals surface area contributed by atoms with Gasteiger partial charge in [-0.15, -0.1) is 0 Å². The highest BCUT2D eigenvalue weighted by Crippen LogP contribution is 2.19. The summed E-state index contributed by atoms with van der Waals surface area (Å²) in [6.45, 7) is 1.77. The van der Waals surface area contributed by atoms with Crippen LogP contribution in [0.2, 0.25) is 0 Å². The minimum atomic E-state index is -1.10. The summed E-state index contributed by atoms with van der Waals surface area (Å²) >= 11 is 0. The topological polar surface area (TPSA) is 135 Å². The summed E-state index contributed by atoms with van der Waals surface area (Å²) in [4.78, 5) is 12.4. The van der Waals surface area contributed by atoms with Crippen molar-refractivity contribution in [2.75, 3.05) is 7.11 Å². The molecule has 1 aromatic heterocycles. The Morgan fingerprint density at radius 2 is 2.00 bits per heavy atom. The van der Waals surface area contributed by atoms with Crippen molar-refractivity contribution in [1.82, 2.24) is 5.32 Å². The quantitative estimate of drug-likeness (QED) is 0.176. The molecule has 27 heavy (non-hydrogen) atoms. The summed E-state index contributed by atoms with van der Waals surface area (Å²) in [6.07, 6.45) is 1.80.